The molecule has 2 aromatic rings. The zero-order valence-electron chi connectivity index (χ0n) is 13.7. The summed E-state index contributed by atoms with van der Waals surface area (Å²) >= 11 is 0. The van der Waals surface area contributed by atoms with Crippen molar-refractivity contribution in [2.75, 3.05) is 0 Å². The second kappa shape index (κ2) is 7.52. The molecule has 5 heteroatoms. The van der Waals surface area contributed by atoms with Crippen LogP contribution in [0.4, 0.5) is 5.69 Å². The van der Waals surface area contributed by atoms with E-state index in [1.54, 1.807) is 18.2 Å². The molecule has 0 saturated heterocycles. The van der Waals surface area contributed by atoms with Crippen LogP contribution >= 0.6 is 0 Å². The first kappa shape index (κ1) is 17.4. The predicted molar refractivity (Wildman–Crippen MR) is 92.9 cm³/mol. The molecule has 0 aliphatic heterocycles. The Morgan fingerprint density at radius 1 is 1.04 bits per heavy atom. The van der Waals surface area contributed by atoms with E-state index in [0.29, 0.717) is 5.56 Å². The van der Waals surface area contributed by atoms with Gasteiger partial charge in [0.15, 0.2) is 0 Å². The first-order valence-electron chi connectivity index (χ1n) is 7.55. The Morgan fingerprint density at radius 2 is 1.65 bits per heavy atom. The van der Waals surface area contributed by atoms with E-state index in [9.17, 15) is 10.1 Å². The van der Waals surface area contributed by atoms with Crippen LogP contribution in [0.25, 0.3) is 0 Å². The zero-order valence-corrected chi connectivity index (χ0v) is 14.7. The Bertz CT molecular complexity index is 680. The molecule has 0 heterocycles. The van der Waals surface area contributed by atoms with Crippen LogP contribution in [0.15, 0.2) is 48.5 Å². The van der Waals surface area contributed by atoms with Crippen molar-refractivity contribution in [1.82, 2.24) is 0 Å². The van der Waals surface area contributed by atoms with E-state index in [-0.39, 0.29) is 32.4 Å². The van der Waals surface area contributed by atoms with Crippen molar-refractivity contribution < 1.29 is 9.35 Å². The van der Waals surface area contributed by atoms with Crippen molar-refractivity contribution in [3.63, 3.8) is 0 Å². The Balaban J connectivity index is 2.04. The summed E-state index contributed by atoms with van der Waals surface area (Å²) in [6.45, 7) is 6.88. The minimum Gasteiger partial charge on any atom is -0.407 e. The summed E-state index contributed by atoms with van der Waals surface area (Å²) in [4.78, 5) is 10.7. The molecule has 23 heavy (non-hydrogen) atoms. The van der Waals surface area contributed by atoms with Gasteiger partial charge in [-0.1, -0.05) is 57.2 Å². The summed E-state index contributed by atoms with van der Waals surface area (Å²) in [5, 5.41) is 12.2. The summed E-state index contributed by atoms with van der Waals surface area (Å²) in [5.41, 5.74) is 2.21. The molecule has 0 aromatic heterocycles. The normalized spacial score (nSPS) is 11.4. The van der Waals surface area contributed by atoms with Gasteiger partial charge in [-0.3, -0.25) is 10.1 Å². The highest BCUT2D eigenvalue weighted by Crippen LogP contribution is 2.20. The van der Waals surface area contributed by atoms with Crippen LogP contribution in [-0.2, 0) is 17.5 Å². The molecule has 4 nitrogen and oxygen atoms in total. The van der Waals surface area contributed by atoms with Gasteiger partial charge in [0.2, 0.25) is 0 Å². The van der Waals surface area contributed by atoms with Crippen molar-refractivity contribution in [2.45, 2.75) is 33.8 Å². The number of nitro benzene ring substituents is 1. The summed E-state index contributed by atoms with van der Waals surface area (Å²) in [6, 6.07) is 14.9. The molecule has 2 rings (SSSR count). The van der Waals surface area contributed by atoms with E-state index in [1.165, 1.54) is 16.8 Å². The molecule has 120 valence electrons. The van der Waals surface area contributed by atoms with Crippen molar-refractivity contribution in [3.8, 4) is 0 Å². The Kier molecular flexibility index (Phi) is 5.68. The van der Waals surface area contributed by atoms with Crippen LogP contribution in [0.2, 0.25) is 0 Å². The number of para-hydroxylation sites is 1. The van der Waals surface area contributed by atoms with Crippen molar-refractivity contribution in [3.05, 3.63) is 69.8 Å². The highest BCUT2D eigenvalue weighted by molar-refractivity contribution is 6.47. The fraction of sp³-hybridized carbons (Fsp3) is 0.333. The predicted octanol–water partition coefficient (Wildman–Crippen LogP) is 3.64. The summed E-state index contributed by atoms with van der Waals surface area (Å²) in [5.74, 6) is 0. The SMILES string of the molecule is CC(C)(C)Cc1ccccc1[Si]OCc1ccccc1[N+](=O)[O-]. The van der Waals surface area contributed by atoms with Crippen molar-refractivity contribution in [2.24, 2.45) is 5.41 Å². The monoisotopic (exact) mass is 327 g/mol. The number of nitro groups is 1. The highest BCUT2D eigenvalue weighted by atomic mass is 28.2. The van der Waals surface area contributed by atoms with E-state index in [2.05, 4.69) is 32.9 Å². The smallest absolute Gasteiger partial charge is 0.274 e. The molecular formula is C18H21NO3Si. The number of hydrogen-bond donors (Lipinski definition) is 0. The van der Waals surface area contributed by atoms with Gasteiger partial charge in [0.1, 0.15) is 0 Å². The minimum atomic E-state index is -0.366. The van der Waals surface area contributed by atoms with Gasteiger partial charge in [0.05, 0.1) is 17.1 Å². The average Bonchev–Trinajstić information content (AvgIpc) is 2.48. The van der Waals surface area contributed by atoms with Gasteiger partial charge in [-0.25, -0.2) is 0 Å². The van der Waals surface area contributed by atoms with Crippen LogP contribution < -0.4 is 5.19 Å². The largest absolute Gasteiger partial charge is 0.407 e. The molecule has 0 bridgehead atoms. The second-order valence-corrected chi connectivity index (χ2v) is 7.70. The summed E-state index contributed by atoms with van der Waals surface area (Å²) in [6.07, 6.45) is 0.977. The molecule has 0 atom stereocenters. The third-order valence-corrected chi connectivity index (χ3v) is 4.33. The molecule has 0 saturated carbocycles. The molecule has 2 aromatic carbocycles. The molecule has 0 aliphatic carbocycles. The number of nitrogens with zero attached hydrogens (tertiary/aromatic N) is 1. The Labute approximate surface area is 139 Å². The summed E-state index contributed by atoms with van der Waals surface area (Å²) in [7, 11) is 0.182. The fourth-order valence-corrected chi connectivity index (χ4v) is 3.20. The van der Waals surface area contributed by atoms with Crippen LogP contribution in [0.1, 0.15) is 31.9 Å². The fourth-order valence-electron chi connectivity index (χ4n) is 2.35. The topological polar surface area (TPSA) is 52.4 Å². The molecule has 0 unspecified atom stereocenters. The minimum absolute atomic E-state index is 0.111. The lowest BCUT2D eigenvalue weighted by Crippen LogP contribution is -2.25. The van der Waals surface area contributed by atoms with Gasteiger partial charge in [-0.05, 0) is 28.7 Å². The number of rotatable bonds is 6. The molecular weight excluding hydrogens is 306 g/mol. The second-order valence-electron chi connectivity index (χ2n) is 6.67. The van der Waals surface area contributed by atoms with E-state index in [4.69, 9.17) is 4.43 Å². The van der Waals surface area contributed by atoms with Gasteiger partial charge in [0.25, 0.3) is 15.5 Å². The van der Waals surface area contributed by atoms with Crippen molar-refractivity contribution >= 4 is 20.6 Å². The van der Waals surface area contributed by atoms with Crippen molar-refractivity contribution in [1.29, 1.82) is 0 Å². The molecule has 0 amide bonds. The van der Waals surface area contributed by atoms with Gasteiger partial charge >= 0.3 is 0 Å². The standard InChI is InChI=1S/C18H21NO3Si/c1-18(2,3)12-14-8-5-7-11-17(14)23-22-13-15-9-4-6-10-16(15)19(20)21/h4-11H,12-13H2,1-3H3. The lowest BCUT2D eigenvalue weighted by Gasteiger charge is -2.20. The first-order chi connectivity index (χ1) is 10.9. The number of hydrogen-bond acceptors (Lipinski definition) is 3. The quantitative estimate of drug-likeness (QED) is 0.462. The lowest BCUT2D eigenvalue weighted by molar-refractivity contribution is -0.385. The van der Waals surface area contributed by atoms with Crippen LogP contribution in [0.5, 0.6) is 0 Å². The van der Waals surface area contributed by atoms with Gasteiger partial charge < -0.3 is 4.43 Å². The lowest BCUT2D eigenvalue weighted by atomic mass is 9.88. The van der Waals surface area contributed by atoms with E-state index >= 15 is 0 Å². The maximum atomic E-state index is 11.0. The third-order valence-electron chi connectivity index (χ3n) is 3.34. The zero-order chi connectivity index (χ0) is 16.9. The highest BCUT2D eigenvalue weighted by Gasteiger charge is 2.16. The molecule has 0 N–H and O–H groups in total. The molecule has 0 aliphatic rings. The van der Waals surface area contributed by atoms with Gasteiger partial charge in [-0.2, -0.15) is 0 Å². The van der Waals surface area contributed by atoms with Crippen LogP contribution in [0.3, 0.4) is 0 Å². The Hall–Kier alpha value is -1.98. The van der Waals surface area contributed by atoms with Gasteiger partial charge in [-0.15, -0.1) is 0 Å². The van der Waals surface area contributed by atoms with E-state index < -0.39 is 0 Å². The third kappa shape index (κ3) is 5.30. The summed E-state index contributed by atoms with van der Waals surface area (Å²) < 4.78 is 5.78. The molecule has 2 radical (unpaired) electrons. The Morgan fingerprint density at radius 3 is 2.30 bits per heavy atom. The van der Waals surface area contributed by atoms with Gasteiger partial charge in [0, 0.05) is 6.07 Å². The van der Waals surface area contributed by atoms with Crippen LogP contribution in [-0.4, -0.2) is 14.7 Å². The van der Waals surface area contributed by atoms with Crippen LogP contribution in [0, 0.1) is 15.5 Å². The molecule has 0 spiro atoms. The maximum Gasteiger partial charge on any atom is 0.274 e. The van der Waals surface area contributed by atoms with E-state index in [1.807, 2.05) is 12.1 Å². The maximum absolute atomic E-state index is 11.0. The van der Waals surface area contributed by atoms with E-state index in [0.717, 1.165) is 6.42 Å². The molecule has 0 fully saturated rings. The number of benzene rings is 2. The average molecular weight is 327 g/mol. The first-order valence-corrected chi connectivity index (χ1v) is 8.46.